The van der Waals surface area contributed by atoms with E-state index in [0.717, 1.165) is 0 Å². The smallest absolute Gasteiger partial charge is 0.319 e. The molecule has 1 atom stereocenters. The van der Waals surface area contributed by atoms with Gasteiger partial charge in [0.25, 0.3) is 5.56 Å². The third-order valence-electron chi connectivity index (χ3n) is 5.91. The van der Waals surface area contributed by atoms with Crippen LogP contribution in [-0.2, 0) is 17.8 Å². The standard InChI is InChI=1S/C28H32ClN3O7/c1-4-17-15-32(16-20-21(29)11-8-12-23(20)39-6-3)27(36)25(26(17)35)31-28(37)30-22(14-24(33)34)18-9-7-10-19(13-18)38-5-2/h7-13,15,22,35H,4-6,14,16H2,1-3H3,(H,33,34)(H2,30,31,37)/t22-/m0/s1. The number of nitrogens with zero attached hydrogens (tertiary/aromatic N) is 1. The van der Waals surface area contributed by atoms with Gasteiger partial charge in [-0.2, -0.15) is 0 Å². The number of anilines is 1. The summed E-state index contributed by atoms with van der Waals surface area (Å²) >= 11 is 6.40. The molecule has 0 fully saturated rings. The topological polar surface area (TPSA) is 139 Å². The van der Waals surface area contributed by atoms with E-state index in [4.69, 9.17) is 21.1 Å². The molecule has 4 N–H and O–H groups in total. The summed E-state index contributed by atoms with van der Waals surface area (Å²) in [6.45, 7) is 6.29. The number of halogens is 1. The number of carboxylic acid groups (broad SMARTS) is 1. The number of carboxylic acids is 1. The number of nitrogens with one attached hydrogen (secondary N) is 2. The van der Waals surface area contributed by atoms with E-state index in [1.54, 1.807) is 49.4 Å². The predicted octanol–water partition coefficient (Wildman–Crippen LogP) is 4.95. The predicted molar refractivity (Wildman–Crippen MR) is 148 cm³/mol. The fourth-order valence-corrected chi connectivity index (χ4v) is 4.30. The zero-order chi connectivity index (χ0) is 28.5. The first-order chi connectivity index (χ1) is 18.7. The van der Waals surface area contributed by atoms with Crippen molar-refractivity contribution in [2.45, 2.75) is 46.2 Å². The second-order valence-corrected chi connectivity index (χ2v) is 8.98. The average molecular weight is 558 g/mol. The molecule has 3 aromatic rings. The molecule has 0 saturated carbocycles. The minimum Gasteiger partial charge on any atom is -0.505 e. The molecule has 0 saturated heterocycles. The second kappa shape index (κ2) is 13.6. The molecule has 1 aromatic heterocycles. The lowest BCUT2D eigenvalue weighted by Gasteiger charge is -2.20. The maximum Gasteiger partial charge on any atom is 0.319 e. The number of aliphatic carboxylic acids is 1. The molecule has 39 heavy (non-hydrogen) atoms. The van der Waals surface area contributed by atoms with Crippen LogP contribution in [0.5, 0.6) is 17.2 Å². The van der Waals surface area contributed by atoms with Gasteiger partial charge in [0.15, 0.2) is 5.69 Å². The zero-order valence-corrected chi connectivity index (χ0v) is 22.7. The molecule has 0 spiro atoms. The third kappa shape index (κ3) is 7.44. The molecule has 3 rings (SSSR count). The van der Waals surface area contributed by atoms with Crippen molar-refractivity contribution in [1.82, 2.24) is 9.88 Å². The molecule has 0 unspecified atom stereocenters. The Bertz CT molecular complexity index is 1390. The highest BCUT2D eigenvalue weighted by molar-refractivity contribution is 6.31. The lowest BCUT2D eigenvalue weighted by molar-refractivity contribution is -0.137. The van der Waals surface area contributed by atoms with Gasteiger partial charge in [-0.05, 0) is 50.1 Å². The van der Waals surface area contributed by atoms with Crippen LogP contribution in [0.2, 0.25) is 5.02 Å². The van der Waals surface area contributed by atoms with Crippen LogP contribution in [0, 0.1) is 0 Å². The summed E-state index contributed by atoms with van der Waals surface area (Å²) in [7, 11) is 0. The largest absolute Gasteiger partial charge is 0.505 e. The van der Waals surface area contributed by atoms with Gasteiger partial charge in [0.2, 0.25) is 0 Å². The number of aromatic nitrogens is 1. The van der Waals surface area contributed by atoms with Crippen LogP contribution >= 0.6 is 11.6 Å². The van der Waals surface area contributed by atoms with Crippen molar-refractivity contribution in [3.05, 3.63) is 80.7 Å². The number of urea groups is 1. The molecular formula is C28H32ClN3O7. The van der Waals surface area contributed by atoms with E-state index in [-0.39, 0.29) is 18.0 Å². The molecule has 0 aliphatic carbocycles. The summed E-state index contributed by atoms with van der Waals surface area (Å²) in [6.07, 6.45) is 1.46. The fraction of sp³-hybridized carbons (Fsp3) is 0.321. The zero-order valence-electron chi connectivity index (χ0n) is 22.0. The molecule has 208 valence electrons. The van der Waals surface area contributed by atoms with Crippen LogP contribution in [0.3, 0.4) is 0 Å². The second-order valence-electron chi connectivity index (χ2n) is 8.57. The number of rotatable bonds is 12. The first-order valence-electron chi connectivity index (χ1n) is 12.6. The van der Waals surface area contributed by atoms with E-state index in [1.807, 2.05) is 13.8 Å². The number of benzene rings is 2. The van der Waals surface area contributed by atoms with E-state index in [2.05, 4.69) is 10.6 Å². The molecule has 0 bridgehead atoms. The minimum atomic E-state index is -1.13. The molecule has 11 heteroatoms. The van der Waals surface area contributed by atoms with Crippen molar-refractivity contribution in [2.24, 2.45) is 0 Å². The Labute approximate surface area is 231 Å². The molecule has 2 aromatic carbocycles. The molecule has 10 nitrogen and oxygen atoms in total. The van der Waals surface area contributed by atoms with Gasteiger partial charge < -0.3 is 34.9 Å². The Morgan fingerprint density at radius 3 is 2.46 bits per heavy atom. The summed E-state index contributed by atoms with van der Waals surface area (Å²) in [5.74, 6) is -0.466. The number of ether oxygens (including phenoxy) is 2. The third-order valence-corrected chi connectivity index (χ3v) is 6.26. The van der Waals surface area contributed by atoms with Gasteiger partial charge in [0.05, 0.1) is 32.2 Å². The van der Waals surface area contributed by atoms with Crippen molar-refractivity contribution >= 4 is 29.3 Å². The Balaban J connectivity index is 1.94. The first kappa shape index (κ1) is 29.4. The van der Waals surface area contributed by atoms with Crippen LogP contribution in [0.4, 0.5) is 10.5 Å². The van der Waals surface area contributed by atoms with E-state index in [0.29, 0.717) is 52.8 Å². The summed E-state index contributed by atoms with van der Waals surface area (Å²) in [4.78, 5) is 37.9. The van der Waals surface area contributed by atoms with Gasteiger partial charge in [-0.1, -0.05) is 36.7 Å². The quantitative estimate of drug-likeness (QED) is 0.247. The van der Waals surface area contributed by atoms with E-state index >= 15 is 0 Å². The van der Waals surface area contributed by atoms with Crippen LogP contribution in [0.1, 0.15) is 49.9 Å². The van der Waals surface area contributed by atoms with Crippen molar-refractivity contribution in [3.63, 3.8) is 0 Å². The van der Waals surface area contributed by atoms with E-state index in [9.17, 15) is 24.6 Å². The van der Waals surface area contributed by atoms with E-state index < -0.39 is 30.0 Å². The maximum absolute atomic E-state index is 13.4. The van der Waals surface area contributed by atoms with Gasteiger partial charge in [0, 0.05) is 22.3 Å². The van der Waals surface area contributed by atoms with Crippen molar-refractivity contribution in [1.29, 1.82) is 0 Å². The number of carbonyl (C=O) groups is 2. The Hall–Kier alpha value is -4.18. The highest BCUT2D eigenvalue weighted by Gasteiger charge is 2.22. The average Bonchev–Trinajstić information content (AvgIpc) is 2.89. The summed E-state index contributed by atoms with van der Waals surface area (Å²) in [6, 6.07) is 10.1. The van der Waals surface area contributed by atoms with Gasteiger partial charge in [-0.15, -0.1) is 0 Å². The minimum absolute atomic E-state index is 0.0310. The number of hydrogen-bond acceptors (Lipinski definition) is 6. The number of amides is 2. The Morgan fingerprint density at radius 2 is 1.79 bits per heavy atom. The number of aryl methyl sites for hydroxylation is 1. The number of pyridine rings is 1. The Kier molecular flexibility index (Phi) is 10.2. The highest BCUT2D eigenvalue weighted by atomic mass is 35.5. The molecule has 1 heterocycles. The normalized spacial score (nSPS) is 11.5. The maximum atomic E-state index is 13.4. The first-order valence-corrected chi connectivity index (χ1v) is 12.9. The van der Waals surface area contributed by atoms with Crippen molar-refractivity contribution in [2.75, 3.05) is 18.5 Å². The molecule has 0 aliphatic heterocycles. The van der Waals surface area contributed by atoms with Gasteiger partial charge >= 0.3 is 12.0 Å². The monoisotopic (exact) mass is 557 g/mol. The summed E-state index contributed by atoms with van der Waals surface area (Å²) in [5, 5.41) is 25.6. The fourth-order valence-electron chi connectivity index (χ4n) is 4.08. The van der Waals surface area contributed by atoms with Crippen LogP contribution in [-0.4, -0.2) is 40.0 Å². The van der Waals surface area contributed by atoms with Crippen molar-refractivity contribution < 1.29 is 29.3 Å². The molecular weight excluding hydrogens is 526 g/mol. The van der Waals surface area contributed by atoms with Gasteiger partial charge in [-0.3, -0.25) is 9.59 Å². The number of hydrogen-bond donors (Lipinski definition) is 4. The number of carbonyl (C=O) groups excluding carboxylic acids is 1. The lowest BCUT2D eigenvalue weighted by Crippen LogP contribution is -2.36. The Morgan fingerprint density at radius 1 is 1.08 bits per heavy atom. The van der Waals surface area contributed by atoms with E-state index in [1.165, 1.54) is 10.8 Å². The van der Waals surface area contributed by atoms with Crippen LogP contribution < -0.4 is 25.7 Å². The SMILES string of the molecule is CCOc1cccc([C@H](CC(=O)O)NC(=O)Nc2c(O)c(CC)cn(Cc3c(Cl)cccc3OCC)c2=O)c1. The summed E-state index contributed by atoms with van der Waals surface area (Å²) < 4.78 is 12.5. The highest BCUT2D eigenvalue weighted by Crippen LogP contribution is 2.30. The van der Waals surface area contributed by atoms with Crippen LogP contribution in [0.15, 0.2) is 53.5 Å². The lowest BCUT2D eigenvalue weighted by atomic mass is 10.0. The van der Waals surface area contributed by atoms with Crippen LogP contribution in [0.25, 0.3) is 0 Å². The summed E-state index contributed by atoms with van der Waals surface area (Å²) in [5.41, 5.74) is 0.484. The molecule has 2 amide bonds. The van der Waals surface area contributed by atoms with Crippen molar-refractivity contribution in [3.8, 4) is 17.2 Å². The van der Waals surface area contributed by atoms with Gasteiger partial charge in [-0.25, -0.2) is 4.79 Å². The molecule has 0 aliphatic rings. The molecule has 0 radical (unpaired) electrons. The number of aromatic hydroxyl groups is 1. The van der Waals surface area contributed by atoms with Gasteiger partial charge in [0.1, 0.15) is 17.2 Å².